The summed E-state index contributed by atoms with van der Waals surface area (Å²) in [7, 11) is 0. The fraction of sp³-hybridized carbons (Fsp3) is 0.0159. The van der Waals surface area contributed by atoms with Crippen molar-refractivity contribution in [1.82, 2.24) is 4.57 Å². The van der Waals surface area contributed by atoms with Gasteiger partial charge in [-0.1, -0.05) is 200 Å². The van der Waals surface area contributed by atoms with E-state index < -0.39 is 5.41 Å². The highest BCUT2D eigenvalue weighted by molar-refractivity contribution is 6.32. The topological polar surface area (TPSA) is 8.17 Å². The molecule has 0 bridgehead atoms. The van der Waals surface area contributed by atoms with Crippen LogP contribution in [0.15, 0.2) is 255 Å². The van der Waals surface area contributed by atoms with Gasteiger partial charge < -0.3 is 9.47 Å². The van der Waals surface area contributed by atoms with Crippen molar-refractivity contribution in [3.8, 4) is 27.9 Å². The number of fused-ring (bicyclic) bond motifs is 11. The lowest BCUT2D eigenvalue weighted by atomic mass is 9.67. The molecule has 0 aliphatic heterocycles. The number of rotatable bonds is 7. The molecule has 304 valence electrons. The van der Waals surface area contributed by atoms with Crippen LogP contribution >= 0.6 is 0 Å². The number of hydrogen-bond donors (Lipinski definition) is 0. The molecule has 0 amide bonds. The molecule has 0 fully saturated rings. The van der Waals surface area contributed by atoms with Crippen molar-refractivity contribution in [2.45, 2.75) is 5.41 Å². The van der Waals surface area contributed by atoms with Gasteiger partial charge in [0.2, 0.25) is 0 Å². The van der Waals surface area contributed by atoms with Gasteiger partial charge in [0.1, 0.15) is 0 Å². The first-order valence-corrected chi connectivity index (χ1v) is 22.5. The minimum atomic E-state index is -0.483. The van der Waals surface area contributed by atoms with E-state index in [2.05, 4.69) is 264 Å². The van der Waals surface area contributed by atoms with Gasteiger partial charge in [0, 0.05) is 38.9 Å². The fourth-order valence-electron chi connectivity index (χ4n) is 11.1. The summed E-state index contributed by atoms with van der Waals surface area (Å²) in [6.45, 7) is 0. The van der Waals surface area contributed by atoms with Crippen molar-refractivity contribution in [3.63, 3.8) is 0 Å². The highest BCUT2D eigenvalue weighted by Gasteiger charge is 2.46. The van der Waals surface area contributed by atoms with E-state index in [4.69, 9.17) is 0 Å². The Morgan fingerprint density at radius 1 is 0.323 bits per heavy atom. The molecular formula is C63H42N2. The zero-order valence-corrected chi connectivity index (χ0v) is 35.6. The van der Waals surface area contributed by atoms with Crippen molar-refractivity contribution < 1.29 is 0 Å². The van der Waals surface area contributed by atoms with E-state index in [9.17, 15) is 0 Å². The Labute approximate surface area is 378 Å². The van der Waals surface area contributed by atoms with Crippen molar-refractivity contribution in [3.05, 3.63) is 277 Å². The Bertz CT molecular complexity index is 3700. The van der Waals surface area contributed by atoms with Gasteiger partial charge in [0.05, 0.1) is 16.4 Å². The van der Waals surface area contributed by atoms with Crippen LogP contribution in [0.25, 0.3) is 71.3 Å². The molecule has 1 aliphatic rings. The molecule has 0 spiro atoms. The largest absolute Gasteiger partial charge is 0.310 e. The van der Waals surface area contributed by atoms with Crippen LogP contribution in [0, 0.1) is 0 Å². The van der Waals surface area contributed by atoms with Crippen LogP contribution in [0.2, 0.25) is 0 Å². The first kappa shape index (κ1) is 37.1. The molecule has 0 unspecified atom stereocenters. The average Bonchev–Trinajstić information content (AvgIpc) is 3.89. The molecule has 11 aromatic carbocycles. The van der Waals surface area contributed by atoms with Crippen LogP contribution in [-0.4, -0.2) is 4.57 Å². The molecule has 0 saturated heterocycles. The molecule has 12 aromatic rings. The van der Waals surface area contributed by atoms with Gasteiger partial charge in [-0.25, -0.2) is 0 Å². The van der Waals surface area contributed by atoms with Crippen LogP contribution in [0.1, 0.15) is 22.3 Å². The Hall–Kier alpha value is -8.46. The zero-order chi connectivity index (χ0) is 42.9. The molecule has 2 heteroatoms. The van der Waals surface area contributed by atoms with Crippen molar-refractivity contribution in [1.29, 1.82) is 0 Å². The minimum Gasteiger partial charge on any atom is -0.310 e. The molecule has 0 N–H and O–H groups in total. The van der Waals surface area contributed by atoms with Crippen molar-refractivity contribution >= 4 is 60.4 Å². The van der Waals surface area contributed by atoms with E-state index in [1.54, 1.807) is 0 Å². The maximum atomic E-state index is 2.46. The number of benzene rings is 11. The lowest BCUT2D eigenvalue weighted by Crippen LogP contribution is -2.28. The third-order valence-electron chi connectivity index (χ3n) is 13.8. The number of aromatic nitrogens is 1. The second-order valence-electron chi connectivity index (χ2n) is 17.2. The SMILES string of the molecule is c1ccc(N(c2ccc(-c3ccc(-n4c5ccccc5c5c6ccccc6c6ccccc6c54)cc3)cc2)c2ccc3c(c2)C(c2ccccc2)(c2ccccc2)c2ccccc2-3)cc1. The van der Waals surface area contributed by atoms with Gasteiger partial charge in [0.25, 0.3) is 0 Å². The summed E-state index contributed by atoms with van der Waals surface area (Å²) in [5.41, 5.74) is 16.5. The van der Waals surface area contributed by atoms with Gasteiger partial charge in [-0.15, -0.1) is 0 Å². The van der Waals surface area contributed by atoms with Gasteiger partial charge in [-0.05, 0) is 115 Å². The minimum absolute atomic E-state index is 0.483. The molecule has 0 atom stereocenters. The number of nitrogens with zero attached hydrogens (tertiary/aromatic N) is 2. The van der Waals surface area contributed by atoms with E-state index in [0.717, 1.165) is 22.7 Å². The number of hydrogen-bond acceptors (Lipinski definition) is 1. The number of para-hydroxylation sites is 2. The monoisotopic (exact) mass is 826 g/mol. The molecule has 1 aliphatic carbocycles. The number of anilines is 3. The lowest BCUT2D eigenvalue weighted by Gasteiger charge is -2.35. The third-order valence-corrected chi connectivity index (χ3v) is 13.8. The Morgan fingerprint density at radius 2 is 0.800 bits per heavy atom. The lowest BCUT2D eigenvalue weighted by molar-refractivity contribution is 0.768. The summed E-state index contributed by atoms with van der Waals surface area (Å²) >= 11 is 0. The zero-order valence-electron chi connectivity index (χ0n) is 35.6. The van der Waals surface area contributed by atoms with E-state index in [0.29, 0.717) is 0 Å². The maximum Gasteiger partial charge on any atom is 0.0714 e. The Morgan fingerprint density at radius 3 is 1.48 bits per heavy atom. The summed E-state index contributed by atoms with van der Waals surface area (Å²) in [6, 6.07) is 93.6. The summed E-state index contributed by atoms with van der Waals surface area (Å²) in [4.78, 5) is 2.40. The second kappa shape index (κ2) is 14.8. The first-order valence-electron chi connectivity index (χ1n) is 22.5. The third kappa shape index (κ3) is 5.60. The molecule has 1 aromatic heterocycles. The fourth-order valence-corrected chi connectivity index (χ4v) is 11.1. The predicted octanol–water partition coefficient (Wildman–Crippen LogP) is 16.6. The van der Waals surface area contributed by atoms with E-state index in [1.807, 2.05) is 0 Å². The maximum absolute atomic E-state index is 2.46. The Balaban J connectivity index is 0.920. The molecule has 0 saturated carbocycles. The highest BCUT2D eigenvalue weighted by atomic mass is 15.1. The Kier molecular flexibility index (Phi) is 8.47. The molecule has 65 heavy (non-hydrogen) atoms. The second-order valence-corrected chi connectivity index (χ2v) is 17.2. The van der Waals surface area contributed by atoms with Crippen LogP contribution in [0.3, 0.4) is 0 Å². The summed E-state index contributed by atoms with van der Waals surface area (Å²) < 4.78 is 2.46. The predicted molar refractivity (Wildman–Crippen MR) is 273 cm³/mol. The van der Waals surface area contributed by atoms with Crippen LogP contribution in [0.5, 0.6) is 0 Å². The molecular weight excluding hydrogens is 785 g/mol. The highest BCUT2D eigenvalue weighted by Crippen LogP contribution is 2.57. The van der Waals surface area contributed by atoms with Gasteiger partial charge >= 0.3 is 0 Å². The smallest absolute Gasteiger partial charge is 0.0714 e. The summed E-state index contributed by atoms with van der Waals surface area (Å²) in [5.74, 6) is 0. The van der Waals surface area contributed by atoms with Crippen molar-refractivity contribution in [2.24, 2.45) is 0 Å². The molecule has 13 rings (SSSR count). The van der Waals surface area contributed by atoms with Gasteiger partial charge in [0.15, 0.2) is 0 Å². The van der Waals surface area contributed by atoms with E-state index in [1.165, 1.54) is 87.9 Å². The van der Waals surface area contributed by atoms with Crippen molar-refractivity contribution in [2.75, 3.05) is 4.90 Å². The summed E-state index contributed by atoms with van der Waals surface area (Å²) in [5, 5.41) is 7.69. The van der Waals surface area contributed by atoms with E-state index >= 15 is 0 Å². The quantitative estimate of drug-likeness (QED) is 0.145. The van der Waals surface area contributed by atoms with Crippen LogP contribution < -0.4 is 4.90 Å². The van der Waals surface area contributed by atoms with Crippen LogP contribution in [0.4, 0.5) is 17.1 Å². The molecule has 0 radical (unpaired) electrons. The van der Waals surface area contributed by atoms with Crippen LogP contribution in [-0.2, 0) is 5.41 Å². The normalized spacial score (nSPS) is 12.7. The summed E-state index contributed by atoms with van der Waals surface area (Å²) in [6.07, 6.45) is 0. The van der Waals surface area contributed by atoms with E-state index in [-0.39, 0.29) is 0 Å². The average molecular weight is 827 g/mol. The standard InChI is InChI=1S/C63H42N2/c1-4-18-45(19-5-1)63(46-20-6-2-7-21-46)58-30-16-14-26-53(58)54-41-40-50(42-59(54)63)64(47-22-8-3-9-23-47)48-36-32-43(33-37-48)44-34-38-49(39-35-44)65-60-31-17-15-29-57(60)61-55-27-12-10-24-51(55)52-25-11-13-28-56(52)62(61)65/h1-42H. The van der Waals surface area contributed by atoms with Gasteiger partial charge in [-0.3, -0.25) is 0 Å². The van der Waals surface area contributed by atoms with Gasteiger partial charge in [-0.2, -0.15) is 0 Å². The molecule has 1 heterocycles. The first-order chi connectivity index (χ1) is 32.3. The molecule has 2 nitrogen and oxygen atoms in total.